The standard InChI is InChI=1S/C27H38N4O/c1-5-25-11-12-26(32-25)20-31-15-13-23(14-16-31)27(17-22-9-7-6-8-10-22)29(3)18-24-19-30(4)28-21(24)2/h6-12,19,23,27H,5,13-18,20H2,1-4H3/t27-/m1/s1. The number of furan rings is 1. The quantitative estimate of drug-likeness (QED) is 0.483. The maximum absolute atomic E-state index is 5.95. The third-order valence-electron chi connectivity index (χ3n) is 7.01. The molecule has 0 unspecified atom stereocenters. The number of aromatic nitrogens is 2. The fraction of sp³-hybridized carbons (Fsp3) is 0.519. The van der Waals surface area contributed by atoms with Gasteiger partial charge in [0, 0.05) is 37.8 Å². The second-order valence-corrected chi connectivity index (χ2v) is 9.42. The van der Waals surface area contributed by atoms with E-state index in [9.17, 15) is 0 Å². The molecule has 5 nitrogen and oxygen atoms in total. The lowest BCUT2D eigenvalue weighted by molar-refractivity contribution is 0.0919. The number of hydrogen-bond donors (Lipinski definition) is 0. The highest BCUT2D eigenvalue weighted by molar-refractivity contribution is 5.18. The Morgan fingerprint density at radius 1 is 1.09 bits per heavy atom. The summed E-state index contributed by atoms with van der Waals surface area (Å²) in [6.07, 6.45) is 6.69. The van der Waals surface area contributed by atoms with Crippen LogP contribution in [-0.2, 0) is 33.0 Å². The minimum atomic E-state index is 0.523. The van der Waals surface area contributed by atoms with Crippen molar-refractivity contribution in [3.8, 4) is 0 Å². The topological polar surface area (TPSA) is 37.4 Å². The largest absolute Gasteiger partial charge is 0.465 e. The van der Waals surface area contributed by atoms with E-state index in [1.165, 1.54) is 24.0 Å². The molecule has 1 fully saturated rings. The summed E-state index contributed by atoms with van der Waals surface area (Å²) in [6.45, 7) is 8.41. The number of nitrogens with zero attached hydrogens (tertiary/aromatic N) is 4. The Kier molecular flexibility index (Phi) is 7.48. The highest BCUT2D eigenvalue weighted by atomic mass is 16.3. The van der Waals surface area contributed by atoms with Crippen LogP contribution in [0.4, 0.5) is 0 Å². The van der Waals surface area contributed by atoms with Crippen molar-refractivity contribution in [1.29, 1.82) is 0 Å². The van der Waals surface area contributed by atoms with E-state index < -0.39 is 0 Å². The molecule has 1 aromatic carbocycles. The minimum absolute atomic E-state index is 0.523. The van der Waals surface area contributed by atoms with E-state index in [0.29, 0.717) is 12.0 Å². The normalized spacial score (nSPS) is 16.7. The lowest BCUT2D eigenvalue weighted by Gasteiger charge is -2.40. The molecule has 0 spiro atoms. The van der Waals surface area contributed by atoms with Crippen molar-refractivity contribution in [3.05, 3.63) is 77.0 Å². The summed E-state index contributed by atoms with van der Waals surface area (Å²) in [5, 5.41) is 4.55. The Bertz CT molecular complexity index is 969. The molecular formula is C27H38N4O. The van der Waals surface area contributed by atoms with Crippen LogP contribution in [0.3, 0.4) is 0 Å². The van der Waals surface area contributed by atoms with Crippen LogP contribution in [0, 0.1) is 12.8 Å². The highest BCUT2D eigenvalue weighted by Gasteiger charge is 2.30. The number of rotatable bonds is 9. The number of piperidine rings is 1. The number of benzene rings is 1. The molecule has 1 aliphatic heterocycles. The predicted octanol–water partition coefficient (Wildman–Crippen LogP) is 4.84. The first-order valence-corrected chi connectivity index (χ1v) is 12.0. The van der Waals surface area contributed by atoms with Gasteiger partial charge in [-0.05, 0) is 69.9 Å². The summed E-state index contributed by atoms with van der Waals surface area (Å²) in [6, 6.07) is 15.8. The average molecular weight is 435 g/mol. The zero-order valence-corrected chi connectivity index (χ0v) is 20.1. The van der Waals surface area contributed by atoms with Crippen molar-refractivity contribution < 1.29 is 4.42 Å². The van der Waals surface area contributed by atoms with Gasteiger partial charge in [0.2, 0.25) is 0 Å². The molecule has 0 saturated carbocycles. The molecule has 1 atom stereocenters. The summed E-state index contributed by atoms with van der Waals surface area (Å²) in [7, 11) is 4.30. The van der Waals surface area contributed by atoms with E-state index >= 15 is 0 Å². The maximum atomic E-state index is 5.95. The Balaban J connectivity index is 1.42. The Hall–Kier alpha value is -2.37. The summed E-state index contributed by atoms with van der Waals surface area (Å²) in [4.78, 5) is 5.12. The summed E-state index contributed by atoms with van der Waals surface area (Å²) < 4.78 is 7.88. The van der Waals surface area contributed by atoms with Gasteiger partial charge in [-0.25, -0.2) is 0 Å². The lowest BCUT2D eigenvalue weighted by Crippen LogP contribution is -2.45. The van der Waals surface area contributed by atoms with Crippen LogP contribution < -0.4 is 0 Å². The fourth-order valence-electron chi connectivity index (χ4n) is 5.14. The van der Waals surface area contributed by atoms with Gasteiger partial charge in [0.25, 0.3) is 0 Å². The van der Waals surface area contributed by atoms with Gasteiger partial charge in [0.1, 0.15) is 11.5 Å². The second-order valence-electron chi connectivity index (χ2n) is 9.42. The van der Waals surface area contributed by atoms with Crippen molar-refractivity contribution in [2.24, 2.45) is 13.0 Å². The van der Waals surface area contributed by atoms with Crippen LogP contribution in [0.15, 0.2) is 53.1 Å². The predicted molar refractivity (Wildman–Crippen MR) is 129 cm³/mol. The first-order valence-electron chi connectivity index (χ1n) is 12.0. The van der Waals surface area contributed by atoms with Crippen LogP contribution in [0.25, 0.3) is 0 Å². The molecule has 5 heteroatoms. The Morgan fingerprint density at radius 3 is 2.44 bits per heavy atom. The molecule has 0 N–H and O–H groups in total. The van der Waals surface area contributed by atoms with Gasteiger partial charge < -0.3 is 4.42 Å². The van der Waals surface area contributed by atoms with Crippen molar-refractivity contribution in [1.82, 2.24) is 19.6 Å². The number of hydrogen-bond acceptors (Lipinski definition) is 4. The van der Waals surface area contributed by atoms with Gasteiger partial charge in [-0.3, -0.25) is 14.5 Å². The monoisotopic (exact) mass is 434 g/mol. The molecule has 0 aliphatic carbocycles. The van der Waals surface area contributed by atoms with Gasteiger partial charge in [-0.15, -0.1) is 0 Å². The third-order valence-corrected chi connectivity index (χ3v) is 7.01. The molecule has 172 valence electrons. The second kappa shape index (κ2) is 10.5. The van der Waals surface area contributed by atoms with Crippen molar-refractivity contribution in [2.45, 2.75) is 58.7 Å². The van der Waals surface area contributed by atoms with Crippen molar-refractivity contribution in [2.75, 3.05) is 20.1 Å². The maximum Gasteiger partial charge on any atom is 0.118 e. The zero-order chi connectivity index (χ0) is 22.5. The number of aryl methyl sites for hydroxylation is 3. The zero-order valence-electron chi connectivity index (χ0n) is 20.1. The lowest BCUT2D eigenvalue weighted by atomic mass is 9.84. The Morgan fingerprint density at radius 2 is 1.81 bits per heavy atom. The van der Waals surface area contributed by atoms with E-state index in [0.717, 1.165) is 56.2 Å². The van der Waals surface area contributed by atoms with E-state index in [1.807, 2.05) is 11.7 Å². The molecule has 0 bridgehead atoms. The van der Waals surface area contributed by atoms with Gasteiger partial charge in [0.05, 0.1) is 12.2 Å². The molecule has 32 heavy (non-hydrogen) atoms. The van der Waals surface area contributed by atoms with Crippen LogP contribution in [-0.4, -0.2) is 45.8 Å². The molecule has 4 rings (SSSR count). The first-order chi connectivity index (χ1) is 15.5. The van der Waals surface area contributed by atoms with Crippen molar-refractivity contribution >= 4 is 0 Å². The minimum Gasteiger partial charge on any atom is -0.465 e. The smallest absolute Gasteiger partial charge is 0.118 e. The summed E-state index contributed by atoms with van der Waals surface area (Å²) >= 11 is 0. The van der Waals surface area contributed by atoms with Crippen LogP contribution in [0.1, 0.15) is 48.1 Å². The highest BCUT2D eigenvalue weighted by Crippen LogP contribution is 2.28. The number of likely N-dealkylation sites (N-methyl/N-ethyl adjacent to an activating group) is 1. The average Bonchev–Trinajstić information content (AvgIpc) is 3.38. The van der Waals surface area contributed by atoms with E-state index in [2.05, 4.69) is 84.5 Å². The summed E-state index contributed by atoms with van der Waals surface area (Å²) in [5.41, 5.74) is 3.89. The fourth-order valence-corrected chi connectivity index (χ4v) is 5.14. The molecule has 3 aromatic rings. The third kappa shape index (κ3) is 5.70. The van der Waals surface area contributed by atoms with E-state index in [4.69, 9.17) is 4.42 Å². The molecule has 2 aromatic heterocycles. The Labute approximate surface area is 193 Å². The van der Waals surface area contributed by atoms with Gasteiger partial charge in [-0.1, -0.05) is 37.3 Å². The molecule has 1 aliphatic rings. The van der Waals surface area contributed by atoms with Gasteiger partial charge in [-0.2, -0.15) is 5.10 Å². The summed E-state index contributed by atoms with van der Waals surface area (Å²) in [5.74, 6) is 2.88. The van der Waals surface area contributed by atoms with Crippen LogP contribution in [0.5, 0.6) is 0 Å². The van der Waals surface area contributed by atoms with Crippen LogP contribution >= 0.6 is 0 Å². The van der Waals surface area contributed by atoms with Crippen LogP contribution in [0.2, 0.25) is 0 Å². The van der Waals surface area contributed by atoms with Gasteiger partial charge in [0.15, 0.2) is 0 Å². The first kappa shape index (κ1) is 22.8. The van der Waals surface area contributed by atoms with Crippen molar-refractivity contribution in [3.63, 3.8) is 0 Å². The number of likely N-dealkylation sites (tertiary alicyclic amines) is 1. The van der Waals surface area contributed by atoms with E-state index in [-0.39, 0.29) is 0 Å². The SMILES string of the molecule is CCc1ccc(CN2CCC([C@@H](Cc3ccccc3)N(C)Cc3cn(C)nc3C)CC2)o1. The molecular weight excluding hydrogens is 396 g/mol. The van der Waals surface area contributed by atoms with E-state index in [1.54, 1.807) is 0 Å². The molecule has 0 radical (unpaired) electrons. The molecule has 1 saturated heterocycles. The molecule has 0 amide bonds. The molecule has 3 heterocycles. The van der Waals surface area contributed by atoms with Gasteiger partial charge >= 0.3 is 0 Å².